The van der Waals surface area contributed by atoms with Crippen molar-refractivity contribution in [2.24, 2.45) is 34.0 Å². The zero-order chi connectivity index (χ0) is 34.0. The first-order valence-corrected chi connectivity index (χ1v) is 14.5. The van der Waals surface area contributed by atoms with E-state index in [4.69, 9.17) is 32.2 Å². The highest BCUT2D eigenvalue weighted by molar-refractivity contribution is 5.75. The molecule has 0 saturated heterocycles. The molecule has 1 saturated carbocycles. The molecular formula is C30H45F3N4O8. The fourth-order valence-corrected chi connectivity index (χ4v) is 4.50. The van der Waals surface area contributed by atoms with E-state index in [1.807, 2.05) is 12.2 Å². The molecule has 0 heterocycles. The molecule has 1 aliphatic rings. The number of nitrogens with zero attached hydrogens (tertiary/aromatic N) is 1. The third-order valence-corrected chi connectivity index (χ3v) is 6.94. The van der Waals surface area contributed by atoms with Crippen LogP contribution < -0.4 is 21.9 Å². The molecule has 1 aliphatic carbocycles. The van der Waals surface area contributed by atoms with Crippen LogP contribution in [0.4, 0.5) is 13.2 Å². The Balaban J connectivity index is 0.000000712. The highest BCUT2D eigenvalue weighted by atomic mass is 19.4. The average Bonchev–Trinajstić information content (AvgIpc) is 3.22. The first-order valence-electron chi connectivity index (χ1n) is 14.5. The number of aliphatic carboxylic acids is 2. The number of carboxylic acid groups (broad SMARTS) is 2. The number of unbranched alkanes of at least 4 members (excludes halogenated alkanes) is 1. The van der Waals surface area contributed by atoms with Crippen LogP contribution in [0.2, 0.25) is 0 Å². The van der Waals surface area contributed by atoms with Crippen molar-refractivity contribution >= 4 is 17.9 Å². The fourth-order valence-electron chi connectivity index (χ4n) is 4.50. The number of aliphatic hydroxyl groups excluding tert-OH is 3. The molecule has 0 spiro atoms. The van der Waals surface area contributed by atoms with Crippen molar-refractivity contribution in [3.8, 4) is 5.75 Å². The molecule has 0 amide bonds. The van der Waals surface area contributed by atoms with Crippen molar-refractivity contribution < 1.29 is 53.0 Å². The summed E-state index contributed by atoms with van der Waals surface area (Å²) in [5, 5.41) is 47.7. The molecule has 1 unspecified atom stereocenters. The summed E-state index contributed by atoms with van der Waals surface area (Å²) in [6.45, 7) is 0.425. The lowest BCUT2D eigenvalue weighted by Crippen LogP contribution is -2.30. The normalized spacial score (nSPS) is 21.2. The topological polar surface area (TPSA) is 235 Å². The summed E-state index contributed by atoms with van der Waals surface area (Å²) in [5.41, 5.74) is 14.5. The molecular weight excluding hydrogens is 601 g/mol. The Hall–Kier alpha value is -3.66. The van der Waals surface area contributed by atoms with E-state index in [0.717, 1.165) is 12.1 Å². The molecule has 254 valence electrons. The van der Waals surface area contributed by atoms with E-state index in [1.165, 1.54) is 18.2 Å². The smallest absolute Gasteiger partial charge is 0.416 e. The molecule has 12 nitrogen and oxygen atoms in total. The lowest BCUT2D eigenvalue weighted by molar-refractivity contribution is -0.139. The van der Waals surface area contributed by atoms with E-state index in [1.54, 1.807) is 6.08 Å². The van der Waals surface area contributed by atoms with Gasteiger partial charge in [0.25, 0.3) is 0 Å². The SMILES string of the molecule is NC(N)=NCCCC(N)C(=O)O.O=C(O)CCC/C=C\C[C@@H]1[C@@H](/C=C/[C@@H](O)CCOc2cccc(C(F)(F)F)c2)[C@H](O)C[C@@H]1O. The van der Waals surface area contributed by atoms with E-state index in [0.29, 0.717) is 38.6 Å². The van der Waals surface area contributed by atoms with E-state index in [9.17, 15) is 38.1 Å². The quantitative estimate of drug-likeness (QED) is 0.0529. The van der Waals surface area contributed by atoms with Crippen LogP contribution in [0.3, 0.4) is 0 Å². The molecule has 45 heavy (non-hydrogen) atoms. The summed E-state index contributed by atoms with van der Waals surface area (Å²) in [7, 11) is 0. The standard InChI is InChI=1S/C24H31F3O6.C6H14N4O2/c25-24(26,27)16-6-5-7-18(14-16)33-13-12-17(28)10-11-20-19(21(29)15-22(20)30)8-3-1-2-4-9-23(31)32;7-4(5(11)12)2-1-3-10-6(8)9/h1,3,5-7,10-11,14,17,19-22,28-30H,2,4,8-9,12-13,15H2,(H,31,32);4H,1-3,7H2,(H,11,12)(H4,8,9,10)/b3-1-,11-10+;/t17-,19-,20-,21+,22-;/m1./s1. The number of aliphatic imine (C=N–C) groups is 1. The number of hydrogen-bond acceptors (Lipinski definition) is 8. The van der Waals surface area contributed by atoms with Gasteiger partial charge in [0, 0.05) is 31.7 Å². The van der Waals surface area contributed by atoms with Crippen LogP contribution in [0, 0.1) is 11.8 Å². The van der Waals surface area contributed by atoms with Crippen LogP contribution in [0.15, 0.2) is 53.6 Å². The Bertz CT molecular complexity index is 1130. The molecule has 0 radical (unpaired) electrons. The minimum Gasteiger partial charge on any atom is -0.493 e. The Morgan fingerprint density at radius 3 is 2.42 bits per heavy atom. The number of hydrogen-bond donors (Lipinski definition) is 8. The molecule has 11 N–H and O–H groups in total. The summed E-state index contributed by atoms with van der Waals surface area (Å²) in [4.78, 5) is 24.4. The van der Waals surface area contributed by atoms with Gasteiger partial charge in [-0.3, -0.25) is 14.6 Å². The summed E-state index contributed by atoms with van der Waals surface area (Å²) in [6, 6.07) is 3.69. The van der Waals surface area contributed by atoms with E-state index >= 15 is 0 Å². The molecule has 0 bridgehead atoms. The third-order valence-electron chi connectivity index (χ3n) is 6.94. The van der Waals surface area contributed by atoms with Crippen LogP contribution in [0.25, 0.3) is 0 Å². The van der Waals surface area contributed by atoms with Gasteiger partial charge in [0.15, 0.2) is 5.96 Å². The molecule has 1 aromatic carbocycles. The largest absolute Gasteiger partial charge is 0.493 e. The summed E-state index contributed by atoms with van der Waals surface area (Å²) in [6.07, 6.45) is 3.14. The van der Waals surface area contributed by atoms with Gasteiger partial charge in [0.1, 0.15) is 11.8 Å². The highest BCUT2D eigenvalue weighted by Gasteiger charge is 2.39. The van der Waals surface area contributed by atoms with Crippen LogP contribution in [0.5, 0.6) is 5.75 Å². The number of nitrogens with two attached hydrogens (primary N) is 3. The summed E-state index contributed by atoms with van der Waals surface area (Å²) in [5.74, 6) is -2.37. The van der Waals surface area contributed by atoms with Crippen LogP contribution in [-0.2, 0) is 15.8 Å². The Kier molecular flexibility index (Phi) is 17.8. The first kappa shape index (κ1) is 39.4. The minimum absolute atomic E-state index is 0.00513. The van der Waals surface area contributed by atoms with E-state index in [2.05, 4.69) is 4.99 Å². The van der Waals surface area contributed by atoms with Gasteiger partial charge in [-0.1, -0.05) is 30.4 Å². The number of carbonyl (C=O) groups is 2. The maximum Gasteiger partial charge on any atom is 0.416 e. The minimum atomic E-state index is -4.46. The number of allylic oxidation sites excluding steroid dienone is 2. The van der Waals surface area contributed by atoms with Crippen molar-refractivity contribution in [1.82, 2.24) is 0 Å². The monoisotopic (exact) mass is 646 g/mol. The first-order chi connectivity index (χ1) is 21.1. The van der Waals surface area contributed by atoms with Gasteiger partial charge in [-0.2, -0.15) is 13.2 Å². The maximum atomic E-state index is 12.8. The predicted octanol–water partition coefficient (Wildman–Crippen LogP) is 2.40. The van der Waals surface area contributed by atoms with E-state index in [-0.39, 0.29) is 49.4 Å². The highest BCUT2D eigenvalue weighted by Crippen LogP contribution is 2.36. The van der Waals surface area contributed by atoms with Gasteiger partial charge in [0.05, 0.1) is 30.5 Å². The Labute approximate surface area is 260 Å². The van der Waals surface area contributed by atoms with Crippen LogP contribution in [-0.4, -0.2) is 80.9 Å². The number of aliphatic hydroxyl groups is 3. The number of alkyl halides is 3. The fraction of sp³-hybridized carbons (Fsp3) is 0.567. The van der Waals surface area contributed by atoms with Gasteiger partial charge >= 0.3 is 18.1 Å². The predicted molar refractivity (Wildman–Crippen MR) is 161 cm³/mol. The Morgan fingerprint density at radius 1 is 1.09 bits per heavy atom. The number of rotatable bonds is 17. The molecule has 2 rings (SSSR count). The van der Waals surface area contributed by atoms with Crippen molar-refractivity contribution in [3.63, 3.8) is 0 Å². The molecule has 1 fully saturated rings. The molecule has 15 heteroatoms. The number of halogens is 3. The molecule has 1 aromatic rings. The second-order valence-electron chi connectivity index (χ2n) is 10.6. The lowest BCUT2D eigenvalue weighted by atomic mass is 9.89. The van der Waals surface area contributed by atoms with Gasteiger partial charge in [-0.15, -0.1) is 0 Å². The molecule has 6 atom stereocenters. The zero-order valence-electron chi connectivity index (χ0n) is 24.9. The average molecular weight is 647 g/mol. The van der Waals surface area contributed by atoms with Crippen LogP contribution >= 0.6 is 0 Å². The van der Waals surface area contributed by atoms with Crippen molar-refractivity contribution in [2.45, 2.75) is 81.9 Å². The van der Waals surface area contributed by atoms with Gasteiger partial charge in [-0.25, -0.2) is 0 Å². The zero-order valence-corrected chi connectivity index (χ0v) is 24.9. The molecule has 0 aromatic heterocycles. The lowest BCUT2D eigenvalue weighted by Gasteiger charge is -2.19. The maximum absolute atomic E-state index is 12.8. The van der Waals surface area contributed by atoms with Gasteiger partial charge in [0.2, 0.25) is 0 Å². The third kappa shape index (κ3) is 16.8. The molecule has 0 aliphatic heterocycles. The summed E-state index contributed by atoms with van der Waals surface area (Å²) < 4.78 is 43.6. The second kappa shape index (κ2) is 20.4. The van der Waals surface area contributed by atoms with E-state index < -0.39 is 48.0 Å². The number of ether oxygens (including phenoxy) is 1. The Morgan fingerprint density at radius 2 is 1.80 bits per heavy atom. The number of benzene rings is 1. The summed E-state index contributed by atoms with van der Waals surface area (Å²) >= 11 is 0. The van der Waals surface area contributed by atoms with Crippen molar-refractivity contribution in [1.29, 1.82) is 0 Å². The number of carboxylic acids is 2. The van der Waals surface area contributed by atoms with Crippen LogP contribution in [0.1, 0.15) is 56.9 Å². The second-order valence-corrected chi connectivity index (χ2v) is 10.6. The van der Waals surface area contributed by atoms with Gasteiger partial charge in [-0.05, 0) is 56.2 Å². The van der Waals surface area contributed by atoms with Crippen molar-refractivity contribution in [3.05, 3.63) is 54.1 Å². The number of guanidine groups is 1. The van der Waals surface area contributed by atoms with Gasteiger partial charge < -0.3 is 47.5 Å². The van der Waals surface area contributed by atoms with Crippen molar-refractivity contribution in [2.75, 3.05) is 13.2 Å².